The van der Waals surface area contributed by atoms with Crippen molar-refractivity contribution in [1.82, 2.24) is 42.6 Å². The number of carboxylic acid groups (broad SMARTS) is 2. The van der Waals surface area contributed by atoms with Gasteiger partial charge in [0.1, 0.15) is 36.8 Å². The summed E-state index contributed by atoms with van der Waals surface area (Å²) in [5, 5.41) is 107. The molecule has 7 rings (SSSR count). The molecule has 122 heavy (non-hydrogen) atoms. The zero-order valence-corrected chi connectivity index (χ0v) is 72.0. The van der Waals surface area contributed by atoms with Gasteiger partial charge >= 0.3 is 41.5 Å². The molecule has 5 aromatic rings. The Bertz CT molecular complexity index is 4070. The first kappa shape index (κ1) is 102. The van der Waals surface area contributed by atoms with E-state index in [4.69, 9.17) is 53.2 Å². The summed E-state index contributed by atoms with van der Waals surface area (Å²) >= 11 is 2.75. The van der Waals surface area contributed by atoms with Gasteiger partial charge in [-0.3, -0.25) is 43.8 Å². The minimum absolute atomic E-state index is 0. The Morgan fingerprint density at radius 2 is 0.828 bits per heavy atom. The van der Waals surface area contributed by atoms with E-state index in [1.54, 1.807) is 48.5 Å². The van der Waals surface area contributed by atoms with Gasteiger partial charge in [0.25, 0.3) is 35.2 Å². The molecule has 5 aromatic carbocycles. The van der Waals surface area contributed by atoms with Gasteiger partial charge in [0.15, 0.2) is 0 Å². The van der Waals surface area contributed by atoms with Gasteiger partial charge in [0.2, 0.25) is 23.6 Å². The molecule has 12 atom stereocenters. The maximum absolute atomic E-state index is 13.8. The fourth-order valence-corrected chi connectivity index (χ4v) is 14.1. The first-order valence-electron chi connectivity index (χ1n) is 39.5. The number of benzene rings is 5. The Labute approximate surface area is 736 Å². The summed E-state index contributed by atoms with van der Waals surface area (Å²) in [6.07, 6.45) is -15.2. The number of hydrazine groups is 1. The molecular formula is C82H111N9NaO28S2+. The molecule has 37 nitrogen and oxygen atoms in total. The van der Waals surface area contributed by atoms with Gasteiger partial charge in [-0.1, -0.05) is 84.9 Å². The third-order valence-electron chi connectivity index (χ3n) is 18.8. The molecular weight excluding hydrogens is 1650 g/mol. The molecule has 0 radical (unpaired) electrons. The van der Waals surface area contributed by atoms with Crippen LogP contribution >= 0.6 is 23.5 Å². The van der Waals surface area contributed by atoms with Gasteiger partial charge < -0.3 is 125 Å². The number of hydrogen-bond donors (Lipinski definition) is 17. The Hall–Kier alpha value is -8.34. The van der Waals surface area contributed by atoms with Crippen LogP contribution in [0.1, 0.15) is 93.8 Å². The van der Waals surface area contributed by atoms with E-state index in [2.05, 4.69) is 37.2 Å². The van der Waals surface area contributed by atoms with Crippen molar-refractivity contribution in [2.45, 2.75) is 125 Å². The standard InChI is InChI=1S/C82H111N9O28S2.Na/c1-52(92)89-69-62(94)48-81(79(106)107,118-73(69)71(100)64(96)50-87-75(102)58-19-15-56(16-20-58)54-11-5-3-6-12-54)116-30-9-43-120-45-28-85-77(104)60-23-24-61(66(47-60)115-42-41-114-40-39-113-38-37-112-36-35-111-34-33-110-32-27-84-67(98)25-26-68(99)91-83)78(105)86-29-46-121-44-10-31-117-82(80(108)109)49-63(95)70(90-53(2)93)74(119-82)72(101)65(97)51-88-76(103)59-21-17-57(18-22-59)55-13-7-4-8-14-55;/h3-8,11-24,47,62-65,69-74,94-97,100-101H,9-10,25-46,48-51,83H2,1-2H3,(H,84,98)(H,85,104)(H,86,105)(H,87,102)(H,88,103)(H,89,92)(H,90,93)(H,91,99)(H,106,107)(H,108,109);/q;+1/t62-,63-,64+,65+,69+,70+,71?,72?,73+,74+,81+,82+;/m0./s1. The normalized spacial score (nSPS) is 19.6. The molecule has 18 N–H and O–H groups in total. The van der Waals surface area contributed by atoms with Crippen molar-refractivity contribution in [2.24, 2.45) is 5.84 Å². The molecule has 0 aromatic heterocycles. The summed E-state index contributed by atoms with van der Waals surface area (Å²) in [7, 11) is 0. The molecule has 664 valence electrons. The van der Waals surface area contributed by atoms with E-state index < -0.39 is 152 Å². The van der Waals surface area contributed by atoms with Gasteiger partial charge in [-0.05, 0) is 89.1 Å². The van der Waals surface area contributed by atoms with E-state index in [9.17, 15) is 88.8 Å². The van der Waals surface area contributed by atoms with Crippen LogP contribution in [-0.2, 0) is 71.4 Å². The van der Waals surface area contributed by atoms with Crippen LogP contribution in [-0.4, -0.2) is 314 Å². The predicted molar refractivity (Wildman–Crippen MR) is 440 cm³/mol. The number of aliphatic carboxylic acids is 2. The molecule has 2 saturated heterocycles. The van der Waals surface area contributed by atoms with Crippen molar-refractivity contribution >= 4 is 82.7 Å². The van der Waals surface area contributed by atoms with E-state index in [1.807, 2.05) is 66.1 Å². The molecule has 0 spiro atoms. The molecule has 2 heterocycles. The average Bonchev–Trinajstić information content (AvgIpc) is 0.771. The number of thioether (sulfide) groups is 2. The summed E-state index contributed by atoms with van der Waals surface area (Å²) in [6, 6.07) is 33.7. The summed E-state index contributed by atoms with van der Waals surface area (Å²) < 4.78 is 57.2. The van der Waals surface area contributed by atoms with Crippen LogP contribution in [0.3, 0.4) is 0 Å². The van der Waals surface area contributed by atoms with Crippen LogP contribution in [0.5, 0.6) is 5.75 Å². The number of nitrogens with one attached hydrogen (secondary N) is 8. The number of carboxylic acids is 2. The maximum Gasteiger partial charge on any atom is 1.00 e. The van der Waals surface area contributed by atoms with Gasteiger partial charge in [-0.2, -0.15) is 23.5 Å². The predicted octanol–water partition coefficient (Wildman–Crippen LogP) is -2.71. The van der Waals surface area contributed by atoms with Crippen LogP contribution in [0.2, 0.25) is 0 Å². The summed E-state index contributed by atoms with van der Waals surface area (Å²) in [4.78, 5) is 127. The number of aliphatic hydroxyl groups is 6. The van der Waals surface area contributed by atoms with E-state index in [0.29, 0.717) is 49.4 Å². The number of carbonyl (C=O) groups is 10. The van der Waals surface area contributed by atoms with E-state index in [1.165, 1.54) is 41.7 Å². The number of ether oxygens (including phenoxy) is 10. The molecule has 40 heteroatoms. The second-order valence-electron chi connectivity index (χ2n) is 27.9. The summed E-state index contributed by atoms with van der Waals surface area (Å²) in [5.41, 5.74) is 6.25. The molecule has 0 aliphatic carbocycles. The van der Waals surface area contributed by atoms with E-state index in [0.717, 1.165) is 36.1 Å². The zero-order chi connectivity index (χ0) is 87.5. The van der Waals surface area contributed by atoms with Crippen molar-refractivity contribution < 1.29 is 166 Å². The molecule has 2 aliphatic rings. The molecule has 2 unspecified atom stereocenters. The Kier molecular flexibility index (Phi) is 46.3. The monoisotopic (exact) mass is 1760 g/mol. The SMILES string of the molecule is CC(=O)N[C@@H]1[C@@H](O)C[C@](OCCCSCCNC(=O)c2ccc(C(=O)NCCSCCCO[C@]3(C(=O)O)C[C@H](O)[C@@H](NC(C)=O)[C@H](C(O)[C@H](O)CNC(=O)c4ccc(-c5ccccc5)cc4)O3)c(OCCOCCOCCOCCOCCOCCNC(=O)CCC(=O)NN)c2)(C(=O)O)O[C@H]1C(O)[C@H](O)CNC(=O)c1ccc(-c2ccccc2)cc1.[Na+]. The average molecular weight is 1760 g/mol. The quantitative estimate of drug-likeness (QED) is 0.00619. The van der Waals surface area contributed by atoms with Gasteiger partial charge in [-0.15, -0.1) is 0 Å². The fourth-order valence-electron chi connectivity index (χ4n) is 12.6. The number of carbonyl (C=O) groups excluding carboxylic acids is 8. The van der Waals surface area contributed by atoms with Gasteiger partial charge in [0, 0.05) is 100 Å². The van der Waals surface area contributed by atoms with Crippen LogP contribution in [0.4, 0.5) is 0 Å². The molecule has 0 bridgehead atoms. The number of rotatable bonds is 56. The molecule has 2 fully saturated rings. The second kappa shape index (κ2) is 55.1. The number of hydrogen-bond acceptors (Lipinski definition) is 29. The van der Waals surface area contributed by atoms with Crippen molar-refractivity contribution in [1.29, 1.82) is 0 Å². The summed E-state index contributed by atoms with van der Waals surface area (Å²) in [5.74, 6) is -6.18. The number of nitrogens with two attached hydrogens (primary N) is 1. The van der Waals surface area contributed by atoms with E-state index >= 15 is 0 Å². The smallest absolute Gasteiger partial charge is 0.490 e. The zero-order valence-electron chi connectivity index (χ0n) is 68.3. The van der Waals surface area contributed by atoms with Crippen LogP contribution in [0, 0.1) is 0 Å². The topological polar surface area (TPSA) is 547 Å². The fraction of sp³-hybridized carbons (Fsp3) is 0.512. The number of aliphatic hydroxyl groups excluding tert-OH is 6. The summed E-state index contributed by atoms with van der Waals surface area (Å²) in [6.45, 7) is 3.69. The molecule has 8 amide bonds. The van der Waals surface area contributed by atoms with Gasteiger partial charge in [0.05, 0.1) is 121 Å². The second-order valence-corrected chi connectivity index (χ2v) is 30.3. The number of amides is 8. The minimum atomic E-state index is -2.55. The van der Waals surface area contributed by atoms with Crippen LogP contribution < -0.4 is 82.8 Å². The third-order valence-corrected chi connectivity index (χ3v) is 21.0. The minimum Gasteiger partial charge on any atom is -0.490 e. The maximum atomic E-state index is 13.8. The van der Waals surface area contributed by atoms with Crippen molar-refractivity contribution in [3.8, 4) is 28.0 Å². The van der Waals surface area contributed by atoms with Crippen molar-refractivity contribution in [3.63, 3.8) is 0 Å². The van der Waals surface area contributed by atoms with E-state index in [-0.39, 0.29) is 168 Å². The Morgan fingerprint density at radius 3 is 1.24 bits per heavy atom. The largest absolute Gasteiger partial charge is 1.00 e. The molecule has 0 saturated carbocycles. The Balaban J connectivity index is 0.0000230. The first-order valence-corrected chi connectivity index (χ1v) is 41.8. The van der Waals surface area contributed by atoms with Crippen LogP contribution in [0.25, 0.3) is 22.3 Å². The third kappa shape index (κ3) is 34.3. The van der Waals surface area contributed by atoms with Crippen molar-refractivity contribution in [2.75, 3.05) is 142 Å². The first-order chi connectivity index (χ1) is 58.2. The van der Waals surface area contributed by atoms with Crippen LogP contribution in [0.15, 0.2) is 127 Å². The molecule has 2 aliphatic heterocycles. The Morgan fingerprint density at radius 1 is 0.451 bits per heavy atom. The van der Waals surface area contributed by atoms with Crippen molar-refractivity contribution in [3.05, 3.63) is 150 Å². The van der Waals surface area contributed by atoms with Gasteiger partial charge in [-0.25, -0.2) is 15.4 Å².